The van der Waals surface area contributed by atoms with Crippen LogP contribution in [0, 0.1) is 11.3 Å². The highest BCUT2D eigenvalue weighted by molar-refractivity contribution is 6.07. The van der Waals surface area contributed by atoms with Crippen LogP contribution in [-0.4, -0.2) is 19.0 Å². The first-order valence-corrected chi connectivity index (χ1v) is 7.80. The molecule has 0 atom stereocenters. The van der Waals surface area contributed by atoms with Gasteiger partial charge < -0.3 is 9.47 Å². The normalized spacial score (nSPS) is 10.4. The zero-order valence-corrected chi connectivity index (χ0v) is 13.8. The van der Waals surface area contributed by atoms with Gasteiger partial charge in [0, 0.05) is 5.56 Å². The van der Waals surface area contributed by atoms with Crippen molar-refractivity contribution in [1.82, 2.24) is 0 Å². The van der Waals surface area contributed by atoms with Crippen molar-refractivity contribution < 1.29 is 14.3 Å². The predicted molar refractivity (Wildman–Crippen MR) is 93.3 cm³/mol. The molecule has 0 bridgehead atoms. The molecule has 0 aliphatic rings. The minimum atomic E-state index is -0.122. The molecule has 0 saturated heterocycles. The molecule has 2 aromatic rings. The number of rotatable bonds is 7. The van der Waals surface area contributed by atoms with E-state index in [-0.39, 0.29) is 5.78 Å². The second kappa shape index (κ2) is 8.54. The van der Waals surface area contributed by atoms with Crippen molar-refractivity contribution in [2.45, 2.75) is 13.8 Å². The summed E-state index contributed by atoms with van der Waals surface area (Å²) < 4.78 is 11.0. The Labute approximate surface area is 141 Å². The van der Waals surface area contributed by atoms with Crippen molar-refractivity contribution in [3.8, 4) is 17.6 Å². The number of carbonyl (C=O) groups is 1. The van der Waals surface area contributed by atoms with Crippen LogP contribution in [0.4, 0.5) is 0 Å². The van der Waals surface area contributed by atoms with Crippen molar-refractivity contribution in [3.63, 3.8) is 0 Å². The number of ether oxygens (including phenoxy) is 2. The summed E-state index contributed by atoms with van der Waals surface area (Å²) in [6.45, 7) is 4.81. The first kappa shape index (κ1) is 17.3. The monoisotopic (exact) mass is 321 g/mol. The molecule has 24 heavy (non-hydrogen) atoms. The van der Waals surface area contributed by atoms with Crippen molar-refractivity contribution in [3.05, 3.63) is 65.2 Å². The van der Waals surface area contributed by atoms with E-state index in [2.05, 4.69) is 6.07 Å². The Morgan fingerprint density at radius 1 is 1.04 bits per heavy atom. The molecule has 0 heterocycles. The Balaban J connectivity index is 2.17. The van der Waals surface area contributed by atoms with Gasteiger partial charge in [-0.1, -0.05) is 18.2 Å². The number of allylic oxidation sites excluding steroid dienone is 1. The molecule has 0 spiro atoms. The summed E-state index contributed by atoms with van der Waals surface area (Å²) in [4.78, 5) is 12.3. The topological polar surface area (TPSA) is 59.3 Å². The Bertz CT molecular complexity index is 770. The predicted octanol–water partition coefficient (Wildman–Crippen LogP) is 4.25. The fourth-order valence-corrected chi connectivity index (χ4v) is 2.14. The van der Waals surface area contributed by atoms with Crippen LogP contribution < -0.4 is 9.47 Å². The van der Waals surface area contributed by atoms with E-state index >= 15 is 0 Å². The standard InChI is InChI=1S/C20H19NO3/c1-3-23-19-12-10-17(13-20(19)24-4-2)18(22)11-9-15-5-7-16(14-21)8-6-15/h5-13H,3-4H2,1-2H3/b11-9+. The largest absolute Gasteiger partial charge is 0.490 e. The molecule has 0 saturated carbocycles. The second-order valence-corrected chi connectivity index (χ2v) is 4.96. The number of carbonyl (C=O) groups excluding carboxylic acids is 1. The maximum atomic E-state index is 12.3. The average molecular weight is 321 g/mol. The number of nitriles is 1. The summed E-state index contributed by atoms with van der Waals surface area (Å²) in [5.74, 6) is 1.08. The lowest BCUT2D eigenvalue weighted by molar-refractivity contribution is 0.104. The van der Waals surface area contributed by atoms with Gasteiger partial charge in [0.15, 0.2) is 17.3 Å². The number of hydrogen-bond donors (Lipinski definition) is 0. The SMILES string of the molecule is CCOc1ccc(C(=O)/C=C/c2ccc(C#N)cc2)cc1OCC. The third-order valence-corrected chi connectivity index (χ3v) is 3.29. The number of ketones is 1. The first-order valence-electron chi connectivity index (χ1n) is 7.80. The van der Waals surface area contributed by atoms with E-state index in [9.17, 15) is 4.79 Å². The Hall–Kier alpha value is -3.06. The summed E-state index contributed by atoms with van der Waals surface area (Å²) in [5.41, 5.74) is 1.98. The van der Waals surface area contributed by atoms with Gasteiger partial charge in [0.05, 0.1) is 24.8 Å². The van der Waals surface area contributed by atoms with E-state index in [0.29, 0.717) is 35.8 Å². The van der Waals surface area contributed by atoms with Crippen molar-refractivity contribution in [1.29, 1.82) is 5.26 Å². The van der Waals surface area contributed by atoms with Gasteiger partial charge in [-0.25, -0.2) is 0 Å². The number of hydrogen-bond acceptors (Lipinski definition) is 4. The molecular weight excluding hydrogens is 302 g/mol. The summed E-state index contributed by atoms with van der Waals surface area (Å²) in [6, 6.07) is 14.3. The Morgan fingerprint density at radius 2 is 1.71 bits per heavy atom. The van der Waals surface area contributed by atoms with Crippen LogP contribution in [0.1, 0.15) is 35.3 Å². The van der Waals surface area contributed by atoms with E-state index in [1.165, 1.54) is 6.08 Å². The van der Waals surface area contributed by atoms with E-state index in [0.717, 1.165) is 5.56 Å². The van der Waals surface area contributed by atoms with Crippen molar-refractivity contribution >= 4 is 11.9 Å². The lowest BCUT2D eigenvalue weighted by Gasteiger charge is -2.11. The zero-order valence-electron chi connectivity index (χ0n) is 13.8. The molecule has 0 unspecified atom stereocenters. The Kier molecular flexibility index (Phi) is 6.16. The fourth-order valence-electron chi connectivity index (χ4n) is 2.14. The second-order valence-electron chi connectivity index (χ2n) is 4.96. The van der Waals surface area contributed by atoms with Gasteiger partial charge in [0.1, 0.15) is 0 Å². The molecule has 4 heteroatoms. The van der Waals surface area contributed by atoms with Gasteiger partial charge >= 0.3 is 0 Å². The highest BCUT2D eigenvalue weighted by Gasteiger charge is 2.09. The minimum absolute atomic E-state index is 0.122. The van der Waals surface area contributed by atoms with Crippen LogP contribution in [0.5, 0.6) is 11.5 Å². The van der Waals surface area contributed by atoms with Crippen LogP contribution in [0.25, 0.3) is 6.08 Å². The molecule has 0 aliphatic carbocycles. The van der Waals surface area contributed by atoms with Gasteiger partial charge in [-0.15, -0.1) is 0 Å². The van der Waals surface area contributed by atoms with Gasteiger partial charge in [0.25, 0.3) is 0 Å². The molecule has 0 aromatic heterocycles. The molecule has 2 rings (SSSR count). The zero-order chi connectivity index (χ0) is 17.4. The lowest BCUT2D eigenvalue weighted by Crippen LogP contribution is -2.01. The fraction of sp³-hybridized carbons (Fsp3) is 0.200. The summed E-state index contributed by atoms with van der Waals surface area (Å²) in [5, 5.41) is 8.78. The van der Waals surface area contributed by atoms with Crippen molar-refractivity contribution in [2.24, 2.45) is 0 Å². The van der Waals surface area contributed by atoms with Crippen molar-refractivity contribution in [2.75, 3.05) is 13.2 Å². The smallest absolute Gasteiger partial charge is 0.185 e. The van der Waals surface area contributed by atoms with Crippen LogP contribution in [0.2, 0.25) is 0 Å². The summed E-state index contributed by atoms with van der Waals surface area (Å²) in [7, 11) is 0. The highest BCUT2D eigenvalue weighted by atomic mass is 16.5. The van der Waals surface area contributed by atoms with Gasteiger partial charge in [-0.3, -0.25) is 4.79 Å². The first-order chi connectivity index (χ1) is 11.7. The van der Waals surface area contributed by atoms with Crippen LogP contribution in [0.3, 0.4) is 0 Å². The molecular formula is C20H19NO3. The van der Waals surface area contributed by atoms with E-state index in [4.69, 9.17) is 14.7 Å². The molecule has 0 aliphatic heterocycles. The molecule has 4 nitrogen and oxygen atoms in total. The minimum Gasteiger partial charge on any atom is -0.490 e. The number of benzene rings is 2. The summed E-state index contributed by atoms with van der Waals surface area (Å²) >= 11 is 0. The quantitative estimate of drug-likeness (QED) is 0.565. The van der Waals surface area contributed by atoms with Crippen LogP contribution in [-0.2, 0) is 0 Å². The highest BCUT2D eigenvalue weighted by Crippen LogP contribution is 2.28. The molecule has 0 N–H and O–H groups in total. The maximum absolute atomic E-state index is 12.3. The maximum Gasteiger partial charge on any atom is 0.185 e. The lowest BCUT2D eigenvalue weighted by atomic mass is 10.1. The third-order valence-electron chi connectivity index (χ3n) is 3.29. The van der Waals surface area contributed by atoms with E-state index < -0.39 is 0 Å². The van der Waals surface area contributed by atoms with Gasteiger partial charge in [0.2, 0.25) is 0 Å². The molecule has 122 valence electrons. The van der Waals surface area contributed by atoms with Crippen LogP contribution in [0.15, 0.2) is 48.5 Å². The third kappa shape index (κ3) is 4.47. The average Bonchev–Trinajstić information content (AvgIpc) is 2.62. The van der Waals surface area contributed by atoms with Crippen LogP contribution >= 0.6 is 0 Å². The molecule has 2 aromatic carbocycles. The van der Waals surface area contributed by atoms with Gasteiger partial charge in [-0.05, 0) is 55.8 Å². The van der Waals surface area contributed by atoms with E-state index in [1.54, 1.807) is 48.5 Å². The Morgan fingerprint density at radius 3 is 2.33 bits per heavy atom. The van der Waals surface area contributed by atoms with Gasteiger partial charge in [-0.2, -0.15) is 5.26 Å². The van der Waals surface area contributed by atoms with E-state index in [1.807, 2.05) is 13.8 Å². The molecule has 0 radical (unpaired) electrons. The summed E-state index contributed by atoms with van der Waals surface area (Å²) in [6.07, 6.45) is 3.23. The molecule has 0 fully saturated rings. The molecule has 0 amide bonds. The number of nitrogens with zero attached hydrogens (tertiary/aromatic N) is 1.